The van der Waals surface area contributed by atoms with E-state index in [0.717, 1.165) is 5.56 Å². The van der Waals surface area contributed by atoms with E-state index in [1.54, 1.807) is 6.07 Å². The summed E-state index contributed by atoms with van der Waals surface area (Å²) in [6.45, 7) is 2.71. The lowest BCUT2D eigenvalue weighted by atomic mass is 10.1. The number of carbonyl (C=O) groups excluding carboxylic acids is 2. The third-order valence-electron chi connectivity index (χ3n) is 3.38. The van der Waals surface area contributed by atoms with Crippen molar-refractivity contribution in [3.8, 4) is 0 Å². The third-order valence-corrected chi connectivity index (χ3v) is 3.38. The minimum atomic E-state index is -0.740. The first kappa shape index (κ1) is 15.3. The lowest BCUT2D eigenvalue weighted by Gasteiger charge is -2.33. The van der Waals surface area contributed by atoms with Crippen LogP contribution in [0.1, 0.15) is 18.5 Å². The van der Waals surface area contributed by atoms with Crippen LogP contribution in [0.5, 0.6) is 0 Å². The van der Waals surface area contributed by atoms with Crippen molar-refractivity contribution in [3.63, 3.8) is 0 Å². The van der Waals surface area contributed by atoms with E-state index in [1.165, 1.54) is 4.90 Å². The number of carbonyl (C=O) groups is 2. The maximum absolute atomic E-state index is 12.3. The first-order valence-electron chi connectivity index (χ1n) is 6.79. The molecule has 7 heteroatoms. The molecule has 0 radical (unpaired) electrons. The van der Waals surface area contributed by atoms with Gasteiger partial charge in [-0.2, -0.15) is 0 Å². The molecule has 0 saturated carbocycles. The number of urea groups is 1. The Morgan fingerprint density at radius 1 is 1.48 bits per heavy atom. The molecule has 3 amide bonds. The molecule has 0 spiro atoms. The average molecular weight is 292 g/mol. The van der Waals surface area contributed by atoms with Gasteiger partial charge < -0.3 is 26.4 Å². The first-order valence-corrected chi connectivity index (χ1v) is 6.79. The number of nitrogens with one attached hydrogen (secondary N) is 1. The number of nitrogens with two attached hydrogens (primary N) is 2. The van der Waals surface area contributed by atoms with Crippen LogP contribution in [-0.4, -0.2) is 42.6 Å². The SMILES string of the molecule is CC(N)c1cccc(NC(=O)N2CCOCC2C(N)=O)c1. The van der Waals surface area contributed by atoms with Gasteiger partial charge in [0.05, 0.1) is 13.2 Å². The summed E-state index contributed by atoms with van der Waals surface area (Å²) in [5.74, 6) is -0.575. The summed E-state index contributed by atoms with van der Waals surface area (Å²) in [4.78, 5) is 25.0. The van der Waals surface area contributed by atoms with Crippen LogP contribution in [0.4, 0.5) is 10.5 Å². The van der Waals surface area contributed by atoms with Crippen molar-refractivity contribution in [2.75, 3.05) is 25.1 Å². The molecule has 2 rings (SSSR count). The average Bonchev–Trinajstić information content (AvgIpc) is 2.47. The van der Waals surface area contributed by atoms with Gasteiger partial charge in [0.25, 0.3) is 0 Å². The van der Waals surface area contributed by atoms with Crippen LogP contribution in [0, 0.1) is 0 Å². The Kier molecular flexibility index (Phi) is 4.77. The van der Waals surface area contributed by atoms with Crippen LogP contribution >= 0.6 is 0 Å². The molecule has 114 valence electrons. The second kappa shape index (κ2) is 6.55. The number of anilines is 1. The minimum absolute atomic E-state index is 0.122. The van der Waals surface area contributed by atoms with E-state index in [1.807, 2.05) is 25.1 Å². The molecule has 1 aromatic rings. The van der Waals surface area contributed by atoms with Gasteiger partial charge in [-0.3, -0.25) is 4.79 Å². The molecule has 5 N–H and O–H groups in total. The summed E-state index contributed by atoms with van der Waals surface area (Å²) in [6, 6.07) is 6.05. The number of hydrogen-bond acceptors (Lipinski definition) is 4. The van der Waals surface area contributed by atoms with E-state index in [9.17, 15) is 9.59 Å². The lowest BCUT2D eigenvalue weighted by molar-refractivity contribution is -0.126. The Morgan fingerprint density at radius 3 is 2.90 bits per heavy atom. The fourth-order valence-electron chi connectivity index (χ4n) is 2.18. The summed E-state index contributed by atoms with van der Waals surface area (Å²) in [6.07, 6.45) is 0. The Balaban J connectivity index is 2.09. The summed E-state index contributed by atoms with van der Waals surface area (Å²) < 4.78 is 5.19. The molecule has 1 aliphatic heterocycles. The van der Waals surface area contributed by atoms with Crippen molar-refractivity contribution >= 4 is 17.6 Å². The van der Waals surface area contributed by atoms with E-state index in [-0.39, 0.29) is 18.7 Å². The Labute approximate surface area is 123 Å². The number of benzene rings is 1. The fraction of sp³-hybridized carbons (Fsp3) is 0.429. The maximum Gasteiger partial charge on any atom is 0.322 e. The second-order valence-corrected chi connectivity index (χ2v) is 5.03. The highest BCUT2D eigenvalue weighted by Crippen LogP contribution is 2.17. The monoisotopic (exact) mass is 292 g/mol. The first-order chi connectivity index (χ1) is 9.99. The van der Waals surface area contributed by atoms with E-state index in [4.69, 9.17) is 16.2 Å². The molecule has 2 unspecified atom stereocenters. The quantitative estimate of drug-likeness (QED) is 0.750. The maximum atomic E-state index is 12.3. The van der Waals surface area contributed by atoms with E-state index < -0.39 is 11.9 Å². The molecule has 21 heavy (non-hydrogen) atoms. The molecule has 1 heterocycles. The van der Waals surface area contributed by atoms with Crippen molar-refractivity contribution in [2.24, 2.45) is 11.5 Å². The second-order valence-electron chi connectivity index (χ2n) is 5.03. The van der Waals surface area contributed by atoms with E-state index >= 15 is 0 Å². The van der Waals surface area contributed by atoms with Gasteiger partial charge in [0.1, 0.15) is 6.04 Å². The van der Waals surface area contributed by atoms with Crippen LogP contribution < -0.4 is 16.8 Å². The highest BCUT2D eigenvalue weighted by atomic mass is 16.5. The molecular formula is C14H20N4O3. The minimum Gasteiger partial charge on any atom is -0.377 e. The predicted octanol–water partition coefficient (Wildman–Crippen LogP) is 0.424. The van der Waals surface area contributed by atoms with E-state index in [0.29, 0.717) is 18.8 Å². The topological polar surface area (TPSA) is 111 Å². The van der Waals surface area contributed by atoms with Gasteiger partial charge in [-0.1, -0.05) is 12.1 Å². The Hall–Kier alpha value is -2.12. The van der Waals surface area contributed by atoms with Crippen molar-refractivity contribution in [1.29, 1.82) is 0 Å². The zero-order valence-electron chi connectivity index (χ0n) is 11.9. The number of hydrogen-bond donors (Lipinski definition) is 3. The standard InChI is InChI=1S/C14H20N4O3/c1-9(15)10-3-2-4-11(7-10)17-14(20)18-5-6-21-8-12(18)13(16)19/h2-4,7,9,12H,5-6,8,15H2,1H3,(H2,16,19)(H,17,20). The number of ether oxygens (including phenoxy) is 1. The largest absolute Gasteiger partial charge is 0.377 e. The lowest BCUT2D eigenvalue weighted by Crippen LogP contribution is -2.55. The molecule has 1 fully saturated rings. The van der Waals surface area contributed by atoms with Gasteiger partial charge in [-0.15, -0.1) is 0 Å². The van der Waals surface area contributed by atoms with Crippen molar-refractivity contribution < 1.29 is 14.3 Å². The van der Waals surface area contributed by atoms with Gasteiger partial charge >= 0.3 is 6.03 Å². The highest BCUT2D eigenvalue weighted by molar-refractivity contribution is 5.93. The predicted molar refractivity (Wildman–Crippen MR) is 78.6 cm³/mol. The van der Waals surface area contributed by atoms with Crippen molar-refractivity contribution in [2.45, 2.75) is 19.0 Å². The summed E-state index contributed by atoms with van der Waals surface area (Å²) in [5, 5.41) is 2.76. The number of rotatable bonds is 3. The Morgan fingerprint density at radius 2 is 2.24 bits per heavy atom. The van der Waals surface area contributed by atoms with Gasteiger partial charge in [0, 0.05) is 18.3 Å². The van der Waals surface area contributed by atoms with Crippen molar-refractivity contribution in [3.05, 3.63) is 29.8 Å². The molecule has 1 aromatic carbocycles. The van der Waals surface area contributed by atoms with Crippen LogP contribution in [0.25, 0.3) is 0 Å². The molecular weight excluding hydrogens is 272 g/mol. The van der Waals surface area contributed by atoms with Crippen LogP contribution in [-0.2, 0) is 9.53 Å². The fourth-order valence-corrected chi connectivity index (χ4v) is 2.18. The molecule has 7 nitrogen and oxygen atoms in total. The molecule has 0 aliphatic carbocycles. The number of primary amides is 1. The number of nitrogens with zero attached hydrogens (tertiary/aromatic N) is 1. The van der Waals surface area contributed by atoms with Crippen LogP contribution in [0.2, 0.25) is 0 Å². The highest BCUT2D eigenvalue weighted by Gasteiger charge is 2.31. The summed E-state index contributed by atoms with van der Waals surface area (Å²) in [5.41, 5.74) is 12.7. The molecule has 1 aliphatic rings. The number of morpholine rings is 1. The molecule has 2 atom stereocenters. The van der Waals surface area contributed by atoms with E-state index in [2.05, 4.69) is 5.32 Å². The van der Waals surface area contributed by atoms with Gasteiger partial charge in [-0.05, 0) is 24.6 Å². The van der Waals surface area contributed by atoms with Gasteiger partial charge in [0.2, 0.25) is 5.91 Å². The van der Waals surface area contributed by atoms with Crippen molar-refractivity contribution in [1.82, 2.24) is 4.90 Å². The summed E-state index contributed by atoms with van der Waals surface area (Å²) in [7, 11) is 0. The normalized spacial score (nSPS) is 19.9. The van der Waals surface area contributed by atoms with Crippen LogP contribution in [0.15, 0.2) is 24.3 Å². The summed E-state index contributed by atoms with van der Waals surface area (Å²) >= 11 is 0. The van der Waals surface area contributed by atoms with Gasteiger partial charge in [-0.25, -0.2) is 4.79 Å². The molecule has 0 bridgehead atoms. The molecule has 0 aromatic heterocycles. The van der Waals surface area contributed by atoms with Gasteiger partial charge in [0.15, 0.2) is 0 Å². The zero-order chi connectivity index (χ0) is 15.4. The number of amides is 3. The molecule has 1 saturated heterocycles. The third kappa shape index (κ3) is 3.71. The Bertz CT molecular complexity index is 533. The zero-order valence-corrected chi connectivity index (χ0v) is 11.9. The smallest absolute Gasteiger partial charge is 0.322 e. The van der Waals surface area contributed by atoms with Crippen LogP contribution in [0.3, 0.4) is 0 Å².